The van der Waals surface area contributed by atoms with Gasteiger partial charge in [0.25, 0.3) is 6.43 Å². The van der Waals surface area contributed by atoms with Crippen LogP contribution < -0.4 is 4.74 Å². The number of nitrogens with zero attached hydrogens (tertiary/aromatic N) is 1. The molecule has 0 amide bonds. The van der Waals surface area contributed by atoms with Crippen molar-refractivity contribution in [3.8, 4) is 5.88 Å². The van der Waals surface area contributed by atoms with E-state index in [0.29, 0.717) is 11.3 Å². The summed E-state index contributed by atoms with van der Waals surface area (Å²) in [6.45, 7) is 1.59. The van der Waals surface area contributed by atoms with Gasteiger partial charge in [0.2, 0.25) is 5.88 Å². The molecule has 5 heteroatoms. The van der Waals surface area contributed by atoms with Crippen LogP contribution in [-0.4, -0.2) is 12.1 Å². The molecule has 0 spiro atoms. The minimum atomic E-state index is -2.58. The van der Waals surface area contributed by atoms with Gasteiger partial charge in [-0.15, -0.1) is 11.6 Å². The molecule has 0 aliphatic heterocycles. The summed E-state index contributed by atoms with van der Waals surface area (Å²) < 4.78 is 29.9. The zero-order chi connectivity index (χ0) is 10.7. The number of pyridine rings is 1. The van der Waals surface area contributed by atoms with Crippen molar-refractivity contribution in [3.05, 3.63) is 22.9 Å². The molecular formula is C9H10ClF2NO. The lowest BCUT2D eigenvalue weighted by Gasteiger charge is -2.10. The lowest BCUT2D eigenvalue weighted by atomic mass is 10.1. The number of alkyl halides is 3. The number of aromatic nitrogens is 1. The van der Waals surface area contributed by atoms with Crippen LogP contribution in [0.3, 0.4) is 0 Å². The van der Waals surface area contributed by atoms with Gasteiger partial charge in [0.15, 0.2) is 0 Å². The maximum absolute atomic E-state index is 12.6. The molecule has 1 heterocycles. The summed E-state index contributed by atoms with van der Waals surface area (Å²) in [5, 5.41) is 0. The number of halogens is 3. The number of aryl methyl sites for hydroxylation is 1. The van der Waals surface area contributed by atoms with E-state index < -0.39 is 6.43 Å². The summed E-state index contributed by atoms with van der Waals surface area (Å²) in [6, 6.07) is 1.54. The van der Waals surface area contributed by atoms with Crippen molar-refractivity contribution < 1.29 is 13.5 Å². The second kappa shape index (κ2) is 4.55. The van der Waals surface area contributed by atoms with Gasteiger partial charge >= 0.3 is 0 Å². The van der Waals surface area contributed by atoms with E-state index in [1.54, 1.807) is 6.92 Å². The molecule has 0 aliphatic rings. The average Bonchev–Trinajstić information content (AvgIpc) is 2.15. The zero-order valence-electron chi connectivity index (χ0n) is 7.85. The minimum Gasteiger partial charge on any atom is -0.481 e. The van der Waals surface area contributed by atoms with Gasteiger partial charge in [0, 0.05) is 0 Å². The Morgan fingerprint density at radius 1 is 1.57 bits per heavy atom. The van der Waals surface area contributed by atoms with Crippen LogP contribution in [-0.2, 0) is 5.88 Å². The third-order valence-corrected chi connectivity index (χ3v) is 2.11. The maximum atomic E-state index is 12.6. The smallest absolute Gasteiger partial charge is 0.269 e. The third kappa shape index (κ3) is 2.12. The highest BCUT2D eigenvalue weighted by Gasteiger charge is 2.18. The first-order valence-electron chi connectivity index (χ1n) is 3.98. The van der Waals surface area contributed by atoms with Crippen LogP contribution in [0, 0.1) is 6.92 Å². The van der Waals surface area contributed by atoms with E-state index in [0.717, 1.165) is 0 Å². The molecule has 0 fully saturated rings. The lowest BCUT2D eigenvalue weighted by molar-refractivity contribution is 0.145. The molecule has 1 aromatic rings. The molecule has 0 radical (unpaired) electrons. The second-order valence-electron chi connectivity index (χ2n) is 2.79. The van der Waals surface area contributed by atoms with Gasteiger partial charge in [-0.05, 0) is 18.6 Å². The number of methoxy groups -OCH3 is 1. The monoisotopic (exact) mass is 221 g/mol. The van der Waals surface area contributed by atoms with Gasteiger partial charge in [-0.3, -0.25) is 0 Å². The molecule has 78 valence electrons. The predicted octanol–water partition coefficient (Wildman–Crippen LogP) is 3.08. The van der Waals surface area contributed by atoms with Crippen LogP contribution in [0.4, 0.5) is 8.78 Å². The summed E-state index contributed by atoms with van der Waals surface area (Å²) in [4.78, 5) is 3.86. The van der Waals surface area contributed by atoms with Gasteiger partial charge in [-0.25, -0.2) is 13.8 Å². The highest BCUT2D eigenvalue weighted by molar-refractivity contribution is 6.16. The molecule has 0 bridgehead atoms. The molecule has 0 saturated heterocycles. The second-order valence-corrected chi connectivity index (χ2v) is 3.06. The summed E-state index contributed by atoms with van der Waals surface area (Å²) >= 11 is 5.55. The van der Waals surface area contributed by atoms with Gasteiger partial charge in [-0.2, -0.15) is 0 Å². The summed E-state index contributed by atoms with van der Waals surface area (Å²) in [5.74, 6) is 0.136. The molecule has 0 aliphatic carbocycles. The maximum Gasteiger partial charge on any atom is 0.269 e. The van der Waals surface area contributed by atoms with E-state index in [4.69, 9.17) is 16.3 Å². The van der Waals surface area contributed by atoms with Crippen LogP contribution in [0.25, 0.3) is 0 Å². The quantitative estimate of drug-likeness (QED) is 0.732. The van der Waals surface area contributed by atoms with Gasteiger partial charge in [0.05, 0.1) is 24.2 Å². The van der Waals surface area contributed by atoms with E-state index in [2.05, 4.69) is 4.98 Å². The van der Waals surface area contributed by atoms with Crippen LogP contribution in [0.1, 0.15) is 23.2 Å². The Bertz CT molecular complexity index is 331. The van der Waals surface area contributed by atoms with Gasteiger partial charge in [-0.1, -0.05) is 0 Å². The number of ether oxygens (including phenoxy) is 1. The molecule has 0 N–H and O–H groups in total. The van der Waals surface area contributed by atoms with E-state index in [-0.39, 0.29) is 17.3 Å². The van der Waals surface area contributed by atoms with Crippen molar-refractivity contribution in [1.29, 1.82) is 0 Å². The lowest BCUT2D eigenvalue weighted by Crippen LogP contribution is -2.01. The predicted molar refractivity (Wildman–Crippen MR) is 50.0 cm³/mol. The summed E-state index contributed by atoms with van der Waals surface area (Å²) in [6.07, 6.45) is -2.58. The van der Waals surface area contributed by atoms with E-state index >= 15 is 0 Å². The Kier molecular flexibility index (Phi) is 3.63. The SMILES string of the molecule is COc1nc(CCl)cc(C)c1C(F)F. The number of hydrogen-bond donors (Lipinski definition) is 0. The molecule has 0 atom stereocenters. The van der Waals surface area contributed by atoms with E-state index in [1.165, 1.54) is 13.2 Å². The van der Waals surface area contributed by atoms with Crippen molar-refractivity contribution in [2.75, 3.05) is 7.11 Å². The van der Waals surface area contributed by atoms with Crippen LogP contribution in [0.2, 0.25) is 0 Å². The van der Waals surface area contributed by atoms with E-state index in [1.807, 2.05) is 0 Å². The molecule has 0 aromatic carbocycles. The molecule has 2 nitrogen and oxygen atoms in total. The molecule has 1 rings (SSSR count). The van der Waals surface area contributed by atoms with Crippen LogP contribution in [0.5, 0.6) is 5.88 Å². The van der Waals surface area contributed by atoms with Crippen LogP contribution in [0.15, 0.2) is 6.07 Å². The summed E-state index contributed by atoms with van der Waals surface area (Å²) in [5.41, 5.74) is 0.814. The Morgan fingerprint density at radius 2 is 2.21 bits per heavy atom. The third-order valence-electron chi connectivity index (χ3n) is 1.83. The van der Waals surface area contributed by atoms with Crippen molar-refractivity contribution in [2.24, 2.45) is 0 Å². The molecule has 1 aromatic heterocycles. The average molecular weight is 222 g/mol. The topological polar surface area (TPSA) is 22.1 Å². The molecular weight excluding hydrogens is 212 g/mol. The Labute approximate surface area is 85.9 Å². The summed E-state index contributed by atoms with van der Waals surface area (Å²) in [7, 11) is 1.31. The molecule has 14 heavy (non-hydrogen) atoms. The first kappa shape index (κ1) is 11.2. The number of hydrogen-bond acceptors (Lipinski definition) is 2. The Morgan fingerprint density at radius 3 is 2.64 bits per heavy atom. The standard InChI is InChI=1S/C9H10ClF2NO/c1-5-3-6(4-10)13-9(14-2)7(5)8(11)12/h3,8H,4H2,1-2H3. The highest BCUT2D eigenvalue weighted by Crippen LogP contribution is 2.30. The Balaban J connectivity index is 3.27. The van der Waals surface area contributed by atoms with Crippen molar-refractivity contribution >= 4 is 11.6 Å². The number of rotatable bonds is 3. The first-order chi connectivity index (χ1) is 6.60. The minimum absolute atomic E-state index is 0.0457. The van der Waals surface area contributed by atoms with Crippen molar-refractivity contribution in [3.63, 3.8) is 0 Å². The molecule has 0 unspecified atom stereocenters. The van der Waals surface area contributed by atoms with Crippen molar-refractivity contribution in [2.45, 2.75) is 19.2 Å². The van der Waals surface area contributed by atoms with E-state index in [9.17, 15) is 8.78 Å². The van der Waals surface area contributed by atoms with Crippen LogP contribution >= 0.6 is 11.6 Å². The van der Waals surface area contributed by atoms with Crippen molar-refractivity contribution in [1.82, 2.24) is 4.98 Å². The van der Waals surface area contributed by atoms with Gasteiger partial charge in [0.1, 0.15) is 0 Å². The highest BCUT2D eigenvalue weighted by atomic mass is 35.5. The Hall–Kier alpha value is -0.900. The zero-order valence-corrected chi connectivity index (χ0v) is 8.61. The fourth-order valence-electron chi connectivity index (χ4n) is 1.21. The molecule has 0 saturated carbocycles. The fourth-order valence-corrected chi connectivity index (χ4v) is 1.35. The fraction of sp³-hybridized carbons (Fsp3) is 0.444. The largest absolute Gasteiger partial charge is 0.481 e. The normalized spacial score (nSPS) is 10.7. The van der Waals surface area contributed by atoms with Gasteiger partial charge < -0.3 is 4.74 Å². The first-order valence-corrected chi connectivity index (χ1v) is 4.52.